The van der Waals surface area contributed by atoms with Gasteiger partial charge in [-0.3, -0.25) is 0 Å². The average molecular weight is 259 g/mol. The second-order valence-electron chi connectivity index (χ2n) is 4.89. The highest BCUT2D eigenvalue weighted by molar-refractivity contribution is 7.97. The van der Waals surface area contributed by atoms with Crippen molar-refractivity contribution in [3.63, 3.8) is 0 Å². The predicted octanol–water partition coefficient (Wildman–Crippen LogP) is 4.95. The summed E-state index contributed by atoms with van der Waals surface area (Å²) in [5.74, 6) is 2.82. The lowest BCUT2D eigenvalue weighted by Gasteiger charge is -2.16. The fourth-order valence-corrected chi connectivity index (χ4v) is 5.51. The predicted molar refractivity (Wildman–Crippen MR) is 84.6 cm³/mol. The smallest absolute Gasteiger partial charge is 0.0776 e. The van der Waals surface area contributed by atoms with Gasteiger partial charge in [0, 0.05) is 21.8 Å². The number of aryl methyl sites for hydroxylation is 1. The van der Waals surface area contributed by atoms with Crippen molar-refractivity contribution >= 4 is 21.7 Å². The van der Waals surface area contributed by atoms with Crippen LogP contribution >= 0.6 is 0 Å². The standard InChI is InChI=1S/C16H19S.CH4/c1-13-9-10-14-7-3-4-8-15(14)16(13)17-11-5-2-6-12-17;/h3-4,7-10H,2,5-6,11-12H2,1H3;1H4/q+1;. The topological polar surface area (TPSA) is 0 Å². The van der Waals surface area contributed by atoms with E-state index in [1.54, 1.807) is 4.90 Å². The van der Waals surface area contributed by atoms with Crippen LogP contribution in [0.1, 0.15) is 32.3 Å². The molecule has 0 radical (unpaired) electrons. The molecule has 2 aromatic carbocycles. The normalized spacial score (nSPS) is 16.5. The van der Waals surface area contributed by atoms with E-state index in [1.807, 2.05) is 0 Å². The number of fused-ring (bicyclic) bond motifs is 1. The molecule has 0 spiro atoms. The zero-order chi connectivity index (χ0) is 11.7. The number of hydrogen-bond donors (Lipinski definition) is 0. The molecule has 2 aromatic rings. The molecule has 0 aromatic heterocycles. The fraction of sp³-hybridized carbons (Fsp3) is 0.412. The van der Waals surface area contributed by atoms with E-state index in [0.29, 0.717) is 10.9 Å². The van der Waals surface area contributed by atoms with Crippen molar-refractivity contribution in [2.75, 3.05) is 11.5 Å². The van der Waals surface area contributed by atoms with Crippen LogP contribution in [0.2, 0.25) is 0 Å². The van der Waals surface area contributed by atoms with Gasteiger partial charge in [0.15, 0.2) is 4.90 Å². The van der Waals surface area contributed by atoms with Crippen LogP contribution in [-0.4, -0.2) is 11.5 Å². The Labute approximate surface area is 114 Å². The van der Waals surface area contributed by atoms with E-state index in [4.69, 9.17) is 0 Å². The van der Waals surface area contributed by atoms with Crippen LogP contribution in [0.3, 0.4) is 0 Å². The Kier molecular flexibility index (Phi) is 4.34. The van der Waals surface area contributed by atoms with Crippen molar-refractivity contribution < 1.29 is 0 Å². The van der Waals surface area contributed by atoms with Crippen LogP contribution < -0.4 is 0 Å². The summed E-state index contributed by atoms with van der Waals surface area (Å²) in [4.78, 5) is 1.66. The molecular weight excluding hydrogens is 236 g/mol. The molecular formula is C17H23S+. The molecule has 1 saturated heterocycles. The van der Waals surface area contributed by atoms with Gasteiger partial charge in [-0.15, -0.1) is 0 Å². The Balaban J connectivity index is 0.00000120. The molecule has 1 heterocycles. The van der Waals surface area contributed by atoms with Gasteiger partial charge in [-0.25, -0.2) is 0 Å². The maximum Gasteiger partial charge on any atom is 0.165 e. The molecule has 1 fully saturated rings. The third kappa shape index (κ3) is 2.42. The van der Waals surface area contributed by atoms with Gasteiger partial charge in [0.2, 0.25) is 0 Å². The van der Waals surface area contributed by atoms with Crippen molar-refractivity contribution in [2.45, 2.75) is 38.5 Å². The summed E-state index contributed by atoms with van der Waals surface area (Å²) in [6, 6.07) is 13.4. The minimum absolute atomic E-state index is 0. The molecule has 18 heavy (non-hydrogen) atoms. The number of hydrogen-bond acceptors (Lipinski definition) is 0. The molecule has 0 saturated carbocycles. The minimum Gasteiger partial charge on any atom is -0.0776 e. The maximum absolute atomic E-state index is 2.30. The van der Waals surface area contributed by atoms with Crippen LogP contribution in [-0.2, 0) is 10.9 Å². The van der Waals surface area contributed by atoms with Gasteiger partial charge in [-0.1, -0.05) is 37.8 Å². The first kappa shape index (κ1) is 13.5. The van der Waals surface area contributed by atoms with Gasteiger partial charge in [-0.05, 0) is 37.6 Å². The quantitative estimate of drug-likeness (QED) is 0.636. The Hall–Kier alpha value is -0.950. The largest absolute Gasteiger partial charge is 0.165 e. The molecule has 0 amide bonds. The van der Waals surface area contributed by atoms with Crippen LogP contribution in [0, 0.1) is 6.92 Å². The Morgan fingerprint density at radius 3 is 2.39 bits per heavy atom. The van der Waals surface area contributed by atoms with Crippen LogP contribution in [0.15, 0.2) is 41.3 Å². The molecule has 0 nitrogen and oxygen atoms in total. The Morgan fingerprint density at radius 1 is 0.889 bits per heavy atom. The summed E-state index contributed by atoms with van der Waals surface area (Å²) >= 11 is 0. The summed E-state index contributed by atoms with van der Waals surface area (Å²) in [6.45, 7) is 2.28. The molecule has 1 aliphatic heterocycles. The lowest BCUT2D eigenvalue weighted by atomic mass is 10.1. The first-order chi connectivity index (χ1) is 8.36. The Morgan fingerprint density at radius 2 is 1.61 bits per heavy atom. The summed E-state index contributed by atoms with van der Waals surface area (Å²) in [7, 11) is 0.506. The molecule has 0 bridgehead atoms. The van der Waals surface area contributed by atoms with Crippen molar-refractivity contribution in [3.05, 3.63) is 42.0 Å². The third-order valence-corrected chi connectivity index (χ3v) is 6.33. The van der Waals surface area contributed by atoms with Gasteiger partial charge in [0.05, 0.1) is 0 Å². The van der Waals surface area contributed by atoms with Crippen molar-refractivity contribution in [1.82, 2.24) is 0 Å². The molecule has 1 heteroatoms. The van der Waals surface area contributed by atoms with Crippen molar-refractivity contribution in [2.24, 2.45) is 0 Å². The van der Waals surface area contributed by atoms with E-state index >= 15 is 0 Å². The van der Waals surface area contributed by atoms with E-state index in [2.05, 4.69) is 43.3 Å². The summed E-state index contributed by atoms with van der Waals surface area (Å²) in [6.07, 6.45) is 4.28. The van der Waals surface area contributed by atoms with E-state index in [-0.39, 0.29) is 7.43 Å². The van der Waals surface area contributed by atoms with Gasteiger partial charge in [0.25, 0.3) is 0 Å². The minimum atomic E-state index is 0. The number of benzene rings is 2. The molecule has 0 atom stereocenters. The highest BCUT2D eigenvalue weighted by atomic mass is 32.2. The monoisotopic (exact) mass is 259 g/mol. The number of rotatable bonds is 1. The zero-order valence-corrected chi connectivity index (χ0v) is 11.2. The molecule has 3 rings (SSSR count). The fourth-order valence-electron chi connectivity index (χ4n) is 2.77. The lowest BCUT2D eigenvalue weighted by molar-refractivity contribution is 0.756. The van der Waals surface area contributed by atoms with Gasteiger partial charge in [-0.2, -0.15) is 0 Å². The SMILES string of the molecule is C.Cc1ccc2ccccc2c1[S+]1CCCCC1. The van der Waals surface area contributed by atoms with E-state index in [0.717, 1.165) is 0 Å². The highest BCUT2D eigenvalue weighted by Crippen LogP contribution is 2.31. The summed E-state index contributed by atoms with van der Waals surface area (Å²) in [5.41, 5.74) is 1.49. The van der Waals surface area contributed by atoms with Crippen LogP contribution in [0.5, 0.6) is 0 Å². The van der Waals surface area contributed by atoms with Crippen LogP contribution in [0.25, 0.3) is 10.8 Å². The van der Waals surface area contributed by atoms with Crippen molar-refractivity contribution in [3.8, 4) is 0 Å². The molecule has 1 aliphatic rings. The average Bonchev–Trinajstić information content (AvgIpc) is 2.39. The van der Waals surface area contributed by atoms with E-state index < -0.39 is 0 Å². The first-order valence-electron chi connectivity index (χ1n) is 6.52. The van der Waals surface area contributed by atoms with Crippen molar-refractivity contribution in [1.29, 1.82) is 0 Å². The second-order valence-corrected chi connectivity index (χ2v) is 7.10. The van der Waals surface area contributed by atoms with Gasteiger partial charge >= 0.3 is 0 Å². The third-order valence-electron chi connectivity index (χ3n) is 3.65. The van der Waals surface area contributed by atoms with Gasteiger partial charge in [0.1, 0.15) is 11.5 Å². The first-order valence-corrected chi connectivity index (χ1v) is 8.08. The molecule has 96 valence electrons. The zero-order valence-electron chi connectivity index (χ0n) is 10.4. The van der Waals surface area contributed by atoms with E-state index in [9.17, 15) is 0 Å². The molecule has 0 N–H and O–H groups in total. The van der Waals surface area contributed by atoms with E-state index in [1.165, 1.54) is 47.1 Å². The lowest BCUT2D eigenvalue weighted by Crippen LogP contribution is -2.18. The highest BCUT2D eigenvalue weighted by Gasteiger charge is 2.28. The Bertz CT molecular complexity index is 524. The maximum atomic E-state index is 2.30. The summed E-state index contributed by atoms with van der Waals surface area (Å²) in [5, 5.41) is 2.91. The van der Waals surface area contributed by atoms with Crippen LogP contribution in [0.4, 0.5) is 0 Å². The molecule has 0 aliphatic carbocycles. The van der Waals surface area contributed by atoms with Gasteiger partial charge < -0.3 is 0 Å². The second kappa shape index (κ2) is 5.79. The summed E-state index contributed by atoms with van der Waals surface area (Å²) < 4.78 is 0. The molecule has 0 unspecified atom stereocenters.